The molecule has 0 atom stereocenters. The summed E-state index contributed by atoms with van der Waals surface area (Å²) in [5.41, 5.74) is 1.83. The van der Waals surface area contributed by atoms with Crippen molar-refractivity contribution in [2.45, 2.75) is 11.3 Å². The molecule has 2 aromatic rings. The molecule has 0 unspecified atom stereocenters. The number of hydrogen-bond acceptors (Lipinski definition) is 7. The van der Waals surface area contributed by atoms with Gasteiger partial charge in [0.25, 0.3) is 0 Å². The lowest BCUT2D eigenvalue weighted by Gasteiger charge is -2.07. The fourth-order valence-corrected chi connectivity index (χ4v) is 3.73. The molecule has 0 aliphatic heterocycles. The summed E-state index contributed by atoms with van der Waals surface area (Å²) in [6.07, 6.45) is 0. The predicted molar refractivity (Wildman–Crippen MR) is 98.5 cm³/mol. The van der Waals surface area contributed by atoms with E-state index in [1.54, 1.807) is 7.11 Å². The van der Waals surface area contributed by atoms with Crippen molar-refractivity contribution in [2.75, 3.05) is 36.6 Å². The summed E-state index contributed by atoms with van der Waals surface area (Å²) >= 11 is 6.20. The Morgan fingerprint density at radius 3 is 3.00 bits per heavy atom. The molecule has 0 fully saturated rings. The zero-order chi connectivity index (χ0) is 16.7. The molecule has 2 N–H and O–H groups in total. The molecular weight excluding hydrogens is 400 g/mol. The predicted octanol–water partition coefficient (Wildman–Crippen LogP) is 3.40. The lowest BCUT2D eigenvalue weighted by molar-refractivity contribution is -0.113. The van der Waals surface area contributed by atoms with Crippen LogP contribution in [-0.2, 0) is 9.53 Å². The second-order valence-corrected chi connectivity index (χ2v) is 7.70. The van der Waals surface area contributed by atoms with Crippen LogP contribution >= 0.6 is 39.0 Å². The van der Waals surface area contributed by atoms with Gasteiger partial charge in [-0.15, -0.1) is 10.2 Å². The van der Waals surface area contributed by atoms with Gasteiger partial charge in [0, 0.05) is 23.8 Å². The number of methoxy groups -OCH3 is 1. The van der Waals surface area contributed by atoms with Gasteiger partial charge in [0.2, 0.25) is 11.0 Å². The molecule has 0 saturated carbocycles. The standard InChI is InChI=1S/C14H17BrN4O2S2/c1-9-7-10(15)3-4-11(9)17-12(20)8-22-14-19-18-13(23-14)16-5-6-21-2/h3-4,7H,5-6,8H2,1-2H3,(H,16,18)(H,17,20). The quantitative estimate of drug-likeness (QED) is 0.507. The average Bonchev–Trinajstić information content (AvgIpc) is 2.96. The van der Waals surface area contributed by atoms with E-state index in [4.69, 9.17) is 4.74 Å². The molecule has 0 spiro atoms. The molecule has 9 heteroatoms. The highest BCUT2D eigenvalue weighted by atomic mass is 79.9. The minimum atomic E-state index is -0.0653. The van der Waals surface area contributed by atoms with Crippen molar-refractivity contribution in [2.24, 2.45) is 0 Å². The van der Waals surface area contributed by atoms with Gasteiger partial charge in [-0.05, 0) is 30.7 Å². The monoisotopic (exact) mass is 416 g/mol. The van der Waals surface area contributed by atoms with E-state index in [1.807, 2.05) is 25.1 Å². The average molecular weight is 417 g/mol. The van der Waals surface area contributed by atoms with Crippen LogP contribution in [0.25, 0.3) is 0 Å². The van der Waals surface area contributed by atoms with E-state index in [-0.39, 0.29) is 5.91 Å². The number of nitrogens with one attached hydrogen (secondary N) is 2. The first-order chi connectivity index (χ1) is 11.1. The first-order valence-electron chi connectivity index (χ1n) is 6.83. The van der Waals surface area contributed by atoms with Crippen LogP contribution in [0.4, 0.5) is 10.8 Å². The highest BCUT2D eigenvalue weighted by Crippen LogP contribution is 2.26. The molecule has 0 saturated heterocycles. The summed E-state index contributed by atoms with van der Waals surface area (Å²) in [5, 5.41) is 14.8. The normalized spacial score (nSPS) is 10.6. The second kappa shape index (κ2) is 9.21. The molecule has 1 aromatic carbocycles. The van der Waals surface area contributed by atoms with Crippen molar-refractivity contribution in [1.29, 1.82) is 0 Å². The zero-order valence-electron chi connectivity index (χ0n) is 12.8. The number of aryl methyl sites for hydroxylation is 1. The van der Waals surface area contributed by atoms with Gasteiger partial charge in [0.15, 0.2) is 4.34 Å². The Labute approximate surface area is 151 Å². The van der Waals surface area contributed by atoms with Crippen LogP contribution in [0.5, 0.6) is 0 Å². The van der Waals surface area contributed by atoms with Crippen molar-refractivity contribution in [3.8, 4) is 0 Å². The number of benzene rings is 1. The molecule has 6 nitrogen and oxygen atoms in total. The number of aromatic nitrogens is 2. The number of carbonyl (C=O) groups is 1. The van der Waals surface area contributed by atoms with Crippen LogP contribution in [0.3, 0.4) is 0 Å². The molecule has 2 rings (SSSR count). The maximum absolute atomic E-state index is 12.0. The van der Waals surface area contributed by atoms with Crippen molar-refractivity contribution in [3.05, 3.63) is 28.2 Å². The van der Waals surface area contributed by atoms with E-state index in [2.05, 4.69) is 36.8 Å². The van der Waals surface area contributed by atoms with Crippen LogP contribution in [0.1, 0.15) is 5.56 Å². The van der Waals surface area contributed by atoms with Crippen molar-refractivity contribution in [1.82, 2.24) is 10.2 Å². The molecular formula is C14H17BrN4O2S2. The first kappa shape index (κ1) is 18.2. The highest BCUT2D eigenvalue weighted by molar-refractivity contribution is 9.10. The number of halogens is 1. The number of rotatable bonds is 8. The highest BCUT2D eigenvalue weighted by Gasteiger charge is 2.09. The van der Waals surface area contributed by atoms with E-state index in [1.165, 1.54) is 23.1 Å². The Bertz CT molecular complexity index is 666. The molecule has 0 bridgehead atoms. The first-order valence-corrected chi connectivity index (χ1v) is 9.43. The van der Waals surface area contributed by atoms with Gasteiger partial charge in [0.05, 0.1) is 12.4 Å². The lowest BCUT2D eigenvalue weighted by Crippen LogP contribution is -2.14. The second-order valence-electron chi connectivity index (χ2n) is 4.59. The van der Waals surface area contributed by atoms with Crippen LogP contribution in [0.15, 0.2) is 27.0 Å². The molecule has 1 aromatic heterocycles. The fraction of sp³-hybridized carbons (Fsp3) is 0.357. The third-order valence-electron chi connectivity index (χ3n) is 2.78. The molecule has 1 heterocycles. The van der Waals surface area contributed by atoms with Gasteiger partial charge in [-0.25, -0.2) is 0 Å². The molecule has 0 aliphatic carbocycles. The third kappa shape index (κ3) is 6.09. The molecule has 0 radical (unpaired) electrons. The van der Waals surface area contributed by atoms with Crippen molar-refractivity contribution < 1.29 is 9.53 Å². The van der Waals surface area contributed by atoms with E-state index in [0.717, 1.165) is 25.2 Å². The Balaban J connectivity index is 1.80. The smallest absolute Gasteiger partial charge is 0.234 e. The Kier molecular flexibility index (Phi) is 7.28. The summed E-state index contributed by atoms with van der Waals surface area (Å²) in [7, 11) is 1.65. The number of hydrogen-bond donors (Lipinski definition) is 2. The number of thioether (sulfide) groups is 1. The summed E-state index contributed by atoms with van der Waals surface area (Å²) in [6.45, 7) is 3.24. The Morgan fingerprint density at radius 1 is 1.43 bits per heavy atom. The lowest BCUT2D eigenvalue weighted by atomic mass is 10.2. The minimum Gasteiger partial charge on any atom is -0.383 e. The Morgan fingerprint density at radius 2 is 2.26 bits per heavy atom. The van der Waals surface area contributed by atoms with Gasteiger partial charge in [-0.1, -0.05) is 39.0 Å². The van der Waals surface area contributed by atoms with E-state index in [9.17, 15) is 4.79 Å². The zero-order valence-corrected chi connectivity index (χ0v) is 16.0. The number of ether oxygens (including phenoxy) is 1. The topological polar surface area (TPSA) is 76.1 Å². The number of nitrogens with zero attached hydrogens (tertiary/aromatic N) is 2. The van der Waals surface area contributed by atoms with Gasteiger partial charge in [-0.3, -0.25) is 4.79 Å². The largest absolute Gasteiger partial charge is 0.383 e. The summed E-state index contributed by atoms with van der Waals surface area (Å²) in [6, 6.07) is 5.74. The van der Waals surface area contributed by atoms with Gasteiger partial charge < -0.3 is 15.4 Å². The van der Waals surface area contributed by atoms with Crippen LogP contribution in [0.2, 0.25) is 0 Å². The Hall–Kier alpha value is -1.16. The molecule has 23 heavy (non-hydrogen) atoms. The summed E-state index contributed by atoms with van der Waals surface area (Å²) in [5.74, 6) is 0.229. The fourth-order valence-electron chi connectivity index (χ4n) is 1.68. The van der Waals surface area contributed by atoms with Crippen LogP contribution in [-0.4, -0.2) is 42.1 Å². The third-order valence-corrected chi connectivity index (χ3v) is 5.29. The maximum Gasteiger partial charge on any atom is 0.234 e. The number of anilines is 2. The molecule has 124 valence electrons. The van der Waals surface area contributed by atoms with E-state index in [0.29, 0.717) is 18.9 Å². The van der Waals surface area contributed by atoms with Gasteiger partial charge in [-0.2, -0.15) is 0 Å². The van der Waals surface area contributed by atoms with Gasteiger partial charge in [0.1, 0.15) is 0 Å². The van der Waals surface area contributed by atoms with Crippen LogP contribution < -0.4 is 10.6 Å². The maximum atomic E-state index is 12.0. The van der Waals surface area contributed by atoms with E-state index < -0.39 is 0 Å². The number of amides is 1. The summed E-state index contributed by atoms with van der Waals surface area (Å²) in [4.78, 5) is 12.0. The number of carbonyl (C=O) groups excluding carboxylic acids is 1. The summed E-state index contributed by atoms with van der Waals surface area (Å²) < 4.78 is 6.70. The molecule has 0 aliphatic rings. The van der Waals surface area contributed by atoms with E-state index >= 15 is 0 Å². The van der Waals surface area contributed by atoms with Crippen LogP contribution in [0, 0.1) is 6.92 Å². The minimum absolute atomic E-state index is 0.0653. The SMILES string of the molecule is COCCNc1nnc(SCC(=O)Nc2ccc(Br)cc2C)s1. The molecule has 1 amide bonds. The van der Waals surface area contributed by atoms with Crippen molar-refractivity contribution >= 4 is 55.8 Å². The van der Waals surface area contributed by atoms with Gasteiger partial charge >= 0.3 is 0 Å². The van der Waals surface area contributed by atoms with Crippen molar-refractivity contribution in [3.63, 3.8) is 0 Å².